The Bertz CT molecular complexity index is 1210. The standard InChI is InChI=1S/C28H30ClN3O2S/c1-20-5-2-3-6-23(20)28(34)31-14-4-13-30(16-17-31)26(33)19-32-15-11-25-24(12-18-35-25)27(32)21-7-9-22(29)10-8-21/h2-3,5-10,12,18,27H,4,11,13-17,19H2,1H3/t27-/m1/s1. The predicted molar refractivity (Wildman–Crippen MR) is 141 cm³/mol. The number of amides is 2. The van der Waals surface area contributed by atoms with E-state index in [0.717, 1.165) is 36.1 Å². The van der Waals surface area contributed by atoms with Crippen LogP contribution >= 0.6 is 22.9 Å². The van der Waals surface area contributed by atoms with Crippen LogP contribution in [-0.4, -0.2) is 65.8 Å². The highest BCUT2D eigenvalue weighted by atomic mass is 35.5. The Labute approximate surface area is 215 Å². The zero-order chi connectivity index (χ0) is 24.4. The van der Waals surface area contributed by atoms with Crippen LogP contribution in [0.2, 0.25) is 5.02 Å². The van der Waals surface area contributed by atoms with Crippen LogP contribution in [0, 0.1) is 6.92 Å². The molecule has 5 rings (SSSR count). The molecule has 1 atom stereocenters. The van der Waals surface area contributed by atoms with E-state index in [1.807, 2.05) is 53.1 Å². The number of benzene rings is 2. The van der Waals surface area contributed by atoms with Gasteiger partial charge in [0.25, 0.3) is 5.91 Å². The van der Waals surface area contributed by atoms with E-state index in [4.69, 9.17) is 11.6 Å². The number of rotatable bonds is 4. The van der Waals surface area contributed by atoms with Gasteiger partial charge in [-0.3, -0.25) is 14.5 Å². The van der Waals surface area contributed by atoms with E-state index in [9.17, 15) is 9.59 Å². The third kappa shape index (κ3) is 5.15. The number of carbonyl (C=O) groups excluding carboxylic acids is 2. The number of hydrogen-bond donors (Lipinski definition) is 0. The number of fused-ring (bicyclic) bond motifs is 1. The van der Waals surface area contributed by atoms with Gasteiger partial charge in [0.2, 0.25) is 5.91 Å². The topological polar surface area (TPSA) is 43.9 Å². The van der Waals surface area contributed by atoms with Gasteiger partial charge in [-0.2, -0.15) is 0 Å². The molecule has 1 saturated heterocycles. The van der Waals surface area contributed by atoms with Crippen LogP contribution < -0.4 is 0 Å². The first-order valence-corrected chi connectivity index (χ1v) is 13.5. The summed E-state index contributed by atoms with van der Waals surface area (Å²) in [6.07, 6.45) is 1.75. The monoisotopic (exact) mass is 507 g/mol. The maximum atomic E-state index is 13.5. The minimum Gasteiger partial charge on any atom is -0.340 e. The summed E-state index contributed by atoms with van der Waals surface area (Å²) in [5, 5.41) is 2.86. The Morgan fingerprint density at radius 1 is 0.943 bits per heavy atom. The van der Waals surface area contributed by atoms with Crippen molar-refractivity contribution in [3.63, 3.8) is 0 Å². The van der Waals surface area contributed by atoms with E-state index in [-0.39, 0.29) is 17.9 Å². The van der Waals surface area contributed by atoms with Crippen LogP contribution in [0.3, 0.4) is 0 Å². The lowest BCUT2D eigenvalue weighted by atomic mass is 9.93. The molecule has 7 heteroatoms. The van der Waals surface area contributed by atoms with Gasteiger partial charge in [-0.15, -0.1) is 11.3 Å². The van der Waals surface area contributed by atoms with Crippen LogP contribution in [0.1, 0.15) is 44.4 Å². The Hall–Kier alpha value is -2.67. The first-order valence-electron chi connectivity index (χ1n) is 12.2. The second kappa shape index (κ2) is 10.5. The van der Waals surface area contributed by atoms with Crippen molar-refractivity contribution in [2.24, 2.45) is 0 Å². The van der Waals surface area contributed by atoms with Crippen molar-refractivity contribution in [3.8, 4) is 0 Å². The first-order chi connectivity index (χ1) is 17.0. The minimum absolute atomic E-state index is 0.0531. The van der Waals surface area contributed by atoms with Crippen molar-refractivity contribution in [2.45, 2.75) is 25.8 Å². The largest absolute Gasteiger partial charge is 0.340 e. The van der Waals surface area contributed by atoms with E-state index < -0.39 is 0 Å². The highest BCUT2D eigenvalue weighted by Crippen LogP contribution is 2.38. The van der Waals surface area contributed by atoms with Gasteiger partial charge in [0.15, 0.2) is 0 Å². The van der Waals surface area contributed by atoms with Gasteiger partial charge in [0.05, 0.1) is 12.6 Å². The smallest absolute Gasteiger partial charge is 0.254 e. The fourth-order valence-corrected chi connectivity index (χ4v) is 6.23. The van der Waals surface area contributed by atoms with Gasteiger partial charge in [-0.05, 0) is 66.1 Å². The molecule has 2 aliphatic heterocycles. The molecule has 0 unspecified atom stereocenters. The number of thiophene rings is 1. The van der Waals surface area contributed by atoms with Gasteiger partial charge < -0.3 is 9.80 Å². The first kappa shape index (κ1) is 24.0. The average Bonchev–Trinajstić information content (AvgIpc) is 3.20. The highest BCUT2D eigenvalue weighted by molar-refractivity contribution is 7.10. The van der Waals surface area contributed by atoms with Gasteiger partial charge in [0.1, 0.15) is 0 Å². The maximum Gasteiger partial charge on any atom is 0.254 e. The quantitative estimate of drug-likeness (QED) is 0.497. The number of aryl methyl sites for hydroxylation is 1. The van der Waals surface area contributed by atoms with Crippen LogP contribution in [0.25, 0.3) is 0 Å². The summed E-state index contributed by atoms with van der Waals surface area (Å²) in [6.45, 7) is 5.67. The zero-order valence-electron chi connectivity index (χ0n) is 20.0. The van der Waals surface area contributed by atoms with E-state index >= 15 is 0 Å². The zero-order valence-corrected chi connectivity index (χ0v) is 21.5. The molecule has 3 heterocycles. The van der Waals surface area contributed by atoms with Crippen molar-refractivity contribution in [2.75, 3.05) is 39.3 Å². The molecular formula is C28H30ClN3O2S. The van der Waals surface area contributed by atoms with Gasteiger partial charge >= 0.3 is 0 Å². The Morgan fingerprint density at radius 2 is 1.69 bits per heavy atom. The summed E-state index contributed by atoms with van der Waals surface area (Å²) in [7, 11) is 0. The molecule has 5 nitrogen and oxygen atoms in total. The van der Waals surface area contributed by atoms with Crippen LogP contribution in [-0.2, 0) is 11.2 Å². The minimum atomic E-state index is 0.0531. The lowest BCUT2D eigenvalue weighted by Gasteiger charge is -2.37. The number of hydrogen-bond acceptors (Lipinski definition) is 4. The Balaban J connectivity index is 1.28. The Morgan fingerprint density at radius 3 is 2.49 bits per heavy atom. The maximum absolute atomic E-state index is 13.5. The number of halogens is 1. The van der Waals surface area contributed by atoms with Crippen molar-refractivity contribution in [3.05, 3.63) is 92.1 Å². The third-order valence-corrected chi connectivity index (χ3v) is 8.35. The second-order valence-corrected chi connectivity index (χ2v) is 10.8. The normalized spacial score (nSPS) is 18.7. The van der Waals surface area contributed by atoms with Crippen LogP contribution in [0.15, 0.2) is 60.0 Å². The summed E-state index contributed by atoms with van der Waals surface area (Å²) >= 11 is 7.94. The molecule has 2 aromatic carbocycles. The third-order valence-electron chi connectivity index (χ3n) is 7.10. The number of nitrogens with zero attached hydrogens (tertiary/aromatic N) is 3. The highest BCUT2D eigenvalue weighted by Gasteiger charge is 2.32. The molecule has 3 aromatic rings. The SMILES string of the molecule is Cc1ccccc1C(=O)N1CCCN(C(=O)CN2CCc3sccc3[C@H]2c2ccc(Cl)cc2)CC1. The van der Waals surface area contributed by atoms with Gasteiger partial charge in [0, 0.05) is 48.2 Å². The molecule has 2 amide bonds. The fraction of sp³-hybridized carbons (Fsp3) is 0.357. The fourth-order valence-electron chi connectivity index (χ4n) is 5.20. The van der Waals surface area contributed by atoms with Gasteiger partial charge in [-0.1, -0.05) is 41.9 Å². The molecule has 182 valence electrons. The van der Waals surface area contributed by atoms with Crippen molar-refractivity contribution >= 4 is 34.8 Å². The van der Waals surface area contributed by atoms with Gasteiger partial charge in [-0.25, -0.2) is 0 Å². The second-order valence-electron chi connectivity index (χ2n) is 9.32. The summed E-state index contributed by atoms with van der Waals surface area (Å²) in [5.74, 6) is 0.189. The van der Waals surface area contributed by atoms with Crippen molar-refractivity contribution in [1.29, 1.82) is 0 Å². The lowest BCUT2D eigenvalue weighted by Crippen LogP contribution is -2.45. The summed E-state index contributed by atoms with van der Waals surface area (Å²) in [4.78, 5) is 34.1. The van der Waals surface area contributed by atoms with Crippen LogP contribution in [0.5, 0.6) is 0 Å². The van der Waals surface area contributed by atoms with E-state index in [1.54, 1.807) is 11.3 Å². The molecule has 0 spiro atoms. The molecule has 1 aromatic heterocycles. The van der Waals surface area contributed by atoms with Crippen molar-refractivity contribution in [1.82, 2.24) is 14.7 Å². The Kier molecular flexibility index (Phi) is 7.23. The average molecular weight is 508 g/mol. The molecule has 0 bridgehead atoms. The van der Waals surface area contributed by atoms with E-state index in [1.165, 1.54) is 10.4 Å². The van der Waals surface area contributed by atoms with E-state index in [0.29, 0.717) is 37.7 Å². The predicted octanol–water partition coefficient (Wildman–Crippen LogP) is 5.03. The number of carbonyl (C=O) groups is 2. The molecule has 0 radical (unpaired) electrons. The molecule has 1 fully saturated rings. The summed E-state index contributed by atoms with van der Waals surface area (Å²) < 4.78 is 0. The summed E-state index contributed by atoms with van der Waals surface area (Å²) in [6, 6.07) is 17.9. The van der Waals surface area contributed by atoms with Crippen LogP contribution in [0.4, 0.5) is 0 Å². The molecule has 35 heavy (non-hydrogen) atoms. The molecule has 0 N–H and O–H groups in total. The molecular weight excluding hydrogens is 478 g/mol. The molecule has 2 aliphatic rings. The van der Waals surface area contributed by atoms with E-state index in [2.05, 4.69) is 28.5 Å². The lowest BCUT2D eigenvalue weighted by molar-refractivity contribution is -0.132. The summed E-state index contributed by atoms with van der Waals surface area (Å²) in [5.41, 5.74) is 4.19. The van der Waals surface area contributed by atoms with Crippen molar-refractivity contribution < 1.29 is 9.59 Å². The molecule has 0 saturated carbocycles. The molecule has 0 aliphatic carbocycles.